The zero-order valence-corrected chi connectivity index (χ0v) is 11.5. The summed E-state index contributed by atoms with van der Waals surface area (Å²) in [6, 6.07) is 6.70. The summed E-state index contributed by atoms with van der Waals surface area (Å²) >= 11 is 11.9. The summed E-state index contributed by atoms with van der Waals surface area (Å²) in [4.78, 5) is 23.1. The highest BCUT2D eigenvalue weighted by Crippen LogP contribution is 2.29. The number of nitrogens with one attached hydrogen (secondary N) is 2. The minimum absolute atomic E-state index is 0.304. The number of benzene rings is 1. The van der Waals surface area contributed by atoms with Crippen LogP contribution in [0.4, 0.5) is 5.69 Å². The highest BCUT2D eigenvalue weighted by Gasteiger charge is 2.11. The van der Waals surface area contributed by atoms with Crippen LogP contribution in [-0.4, -0.2) is 20.9 Å². The van der Waals surface area contributed by atoms with E-state index in [1.165, 1.54) is 12.5 Å². The molecule has 0 atom stereocenters. The number of amides is 1. The molecule has 0 saturated heterocycles. The van der Waals surface area contributed by atoms with Gasteiger partial charge >= 0.3 is 0 Å². The second-order valence-corrected chi connectivity index (χ2v) is 4.84. The number of aromatic amines is 1. The zero-order chi connectivity index (χ0) is 14.1. The lowest BCUT2D eigenvalue weighted by molar-refractivity contribution is 0.102. The molecule has 0 spiro atoms. The van der Waals surface area contributed by atoms with Crippen molar-refractivity contribution in [1.82, 2.24) is 15.0 Å². The van der Waals surface area contributed by atoms with E-state index in [1.807, 2.05) is 0 Å². The molecule has 2 aromatic heterocycles. The SMILES string of the molecule is O=C(Nc1cccc(Cl)c1Cl)c1cnc2nc[nH]c2c1. The van der Waals surface area contributed by atoms with Crippen LogP contribution >= 0.6 is 23.2 Å². The molecule has 0 saturated carbocycles. The maximum absolute atomic E-state index is 12.2. The van der Waals surface area contributed by atoms with E-state index in [0.29, 0.717) is 32.5 Å². The van der Waals surface area contributed by atoms with Crippen LogP contribution in [0.25, 0.3) is 11.2 Å². The average Bonchev–Trinajstić information content (AvgIpc) is 2.91. The number of pyridine rings is 1. The molecule has 5 nitrogen and oxygen atoms in total. The van der Waals surface area contributed by atoms with Gasteiger partial charge in [0.25, 0.3) is 5.91 Å². The number of carbonyl (C=O) groups is 1. The van der Waals surface area contributed by atoms with Crippen LogP contribution in [0.3, 0.4) is 0 Å². The maximum Gasteiger partial charge on any atom is 0.257 e. The Labute approximate surface area is 124 Å². The molecule has 0 unspecified atom stereocenters. The van der Waals surface area contributed by atoms with Crippen LogP contribution < -0.4 is 5.32 Å². The molecule has 0 aliphatic carbocycles. The largest absolute Gasteiger partial charge is 0.343 e. The first-order valence-corrected chi connectivity index (χ1v) is 6.45. The average molecular weight is 307 g/mol. The normalized spacial score (nSPS) is 10.7. The van der Waals surface area contributed by atoms with Gasteiger partial charge in [0.05, 0.1) is 33.1 Å². The van der Waals surface area contributed by atoms with E-state index < -0.39 is 0 Å². The number of H-pyrrole nitrogens is 1. The Morgan fingerprint density at radius 3 is 2.95 bits per heavy atom. The third-order valence-corrected chi connectivity index (χ3v) is 3.55. The summed E-state index contributed by atoms with van der Waals surface area (Å²) in [7, 11) is 0. The number of anilines is 1. The topological polar surface area (TPSA) is 70.7 Å². The van der Waals surface area contributed by atoms with Gasteiger partial charge in [0.15, 0.2) is 5.65 Å². The van der Waals surface area contributed by atoms with Gasteiger partial charge in [-0.1, -0.05) is 29.3 Å². The van der Waals surface area contributed by atoms with Crippen molar-refractivity contribution in [1.29, 1.82) is 0 Å². The van der Waals surface area contributed by atoms with E-state index in [9.17, 15) is 4.79 Å². The molecule has 3 aromatic rings. The van der Waals surface area contributed by atoms with Crippen LogP contribution in [0.5, 0.6) is 0 Å². The van der Waals surface area contributed by atoms with E-state index in [4.69, 9.17) is 23.2 Å². The Bertz CT molecular complexity index is 800. The van der Waals surface area contributed by atoms with Crippen LogP contribution in [-0.2, 0) is 0 Å². The molecule has 0 aliphatic heterocycles. The molecule has 0 bridgehead atoms. The van der Waals surface area contributed by atoms with Crippen LogP contribution in [0.15, 0.2) is 36.8 Å². The van der Waals surface area contributed by atoms with E-state index in [1.54, 1.807) is 24.3 Å². The summed E-state index contributed by atoms with van der Waals surface area (Å²) in [5, 5.41) is 3.38. The molecular weight excluding hydrogens is 299 g/mol. The van der Waals surface area contributed by atoms with Gasteiger partial charge in [-0.25, -0.2) is 9.97 Å². The minimum atomic E-state index is -0.321. The Hall–Kier alpha value is -2.11. The Morgan fingerprint density at radius 1 is 1.25 bits per heavy atom. The third-order valence-electron chi connectivity index (χ3n) is 2.74. The van der Waals surface area contributed by atoms with Gasteiger partial charge < -0.3 is 10.3 Å². The molecule has 0 aliphatic rings. The van der Waals surface area contributed by atoms with Crippen LogP contribution in [0.2, 0.25) is 10.0 Å². The molecule has 0 fully saturated rings. The molecule has 2 N–H and O–H groups in total. The third kappa shape index (κ3) is 2.33. The van der Waals surface area contributed by atoms with Crippen LogP contribution in [0, 0.1) is 0 Å². The molecule has 0 radical (unpaired) electrons. The minimum Gasteiger partial charge on any atom is -0.343 e. The smallest absolute Gasteiger partial charge is 0.257 e. The van der Waals surface area contributed by atoms with Gasteiger partial charge in [-0.2, -0.15) is 0 Å². The fourth-order valence-corrected chi connectivity index (χ4v) is 2.10. The molecular formula is C13H8Cl2N4O. The molecule has 100 valence electrons. The van der Waals surface area contributed by atoms with E-state index >= 15 is 0 Å². The number of rotatable bonds is 2. The Morgan fingerprint density at radius 2 is 2.10 bits per heavy atom. The predicted octanol–water partition coefficient (Wildman–Crippen LogP) is 3.52. The van der Waals surface area contributed by atoms with Crippen molar-refractivity contribution in [2.75, 3.05) is 5.32 Å². The first kappa shape index (κ1) is 12.9. The van der Waals surface area contributed by atoms with Gasteiger partial charge in [0, 0.05) is 6.20 Å². The van der Waals surface area contributed by atoms with Gasteiger partial charge in [0.1, 0.15) is 0 Å². The van der Waals surface area contributed by atoms with Crippen molar-refractivity contribution in [3.05, 3.63) is 52.4 Å². The lowest BCUT2D eigenvalue weighted by atomic mass is 10.2. The van der Waals surface area contributed by atoms with Crippen molar-refractivity contribution in [3.8, 4) is 0 Å². The van der Waals surface area contributed by atoms with Gasteiger partial charge in [-0.3, -0.25) is 4.79 Å². The van der Waals surface area contributed by atoms with Crippen molar-refractivity contribution in [3.63, 3.8) is 0 Å². The Kier molecular flexibility index (Phi) is 3.30. The van der Waals surface area contributed by atoms with Crippen LogP contribution in [0.1, 0.15) is 10.4 Å². The molecule has 2 heterocycles. The van der Waals surface area contributed by atoms with Crippen molar-refractivity contribution < 1.29 is 4.79 Å². The first-order chi connectivity index (χ1) is 9.65. The predicted molar refractivity (Wildman–Crippen MR) is 78.3 cm³/mol. The molecule has 3 rings (SSSR count). The van der Waals surface area contributed by atoms with Crippen molar-refractivity contribution in [2.24, 2.45) is 0 Å². The zero-order valence-electron chi connectivity index (χ0n) is 10.0. The monoisotopic (exact) mass is 306 g/mol. The number of imidazole rings is 1. The highest BCUT2D eigenvalue weighted by molar-refractivity contribution is 6.44. The fourth-order valence-electron chi connectivity index (χ4n) is 1.75. The number of fused-ring (bicyclic) bond motifs is 1. The summed E-state index contributed by atoms with van der Waals surface area (Å²) in [6.45, 7) is 0. The summed E-state index contributed by atoms with van der Waals surface area (Å²) in [5.41, 5.74) is 2.10. The Balaban J connectivity index is 1.90. The quantitative estimate of drug-likeness (QED) is 0.761. The van der Waals surface area contributed by atoms with Crippen molar-refractivity contribution >= 4 is 46.0 Å². The second kappa shape index (κ2) is 5.11. The van der Waals surface area contributed by atoms with Crippen molar-refractivity contribution in [2.45, 2.75) is 0 Å². The van der Waals surface area contributed by atoms with E-state index in [2.05, 4.69) is 20.3 Å². The molecule has 20 heavy (non-hydrogen) atoms. The molecule has 1 aromatic carbocycles. The summed E-state index contributed by atoms with van der Waals surface area (Å²) in [6.07, 6.45) is 2.98. The number of nitrogens with zero attached hydrogens (tertiary/aromatic N) is 2. The molecule has 7 heteroatoms. The fraction of sp³-hybridized carbons (Fsp3) is 0. The number of carbonyl (C=O) groups excluding carboxylic acids is 1. The summed E-state index contributed by atoms with van der Waals surface area (Å²) in [5.74, 6) is -0.321. The van der Waals surface area contributed by atoms with Gasteiger partial charge in [0.2, 0.25) is 0 Å². The van der Waals surface area contributed by atoms with Gasteiger partial charge in [-0.15, -0.1) is 0 Å². The number of aromatic nitrogens is 3. The number of halogens is 2. The lowest BCUT2D eigenvalue weighted by Gasteiger charge is -2.07. The van der Waals surface area contributed by atoms with E-state index in [0.717, 1.165) is 0 Å². The summed E-state index contributed by atoms with van der Waals surface area (Å²) < 4.78 is 0. The second-order valence-electron chi connectivity index (χ2n) is 4.05. The lowest BCUT2D eigenvalue weighted by Crippen LogP contribution is -2.12. The highest BCUT2D eigenvalue weighted by atomic mass is 35.5. The maximum atomic E-state index is 12.2. The van der Waals surface area contributed by atoms with Gasteiger partial charge in [-0.05, 0) is 18.2 Å². The number of hydrogen-bond acceptors (Lipinski definition) is 3. The standard InChI is InChI=1S/C13H8Cl2N4O/c14-8-2-1-3-9(11(8)15)19-13(20)7-4-10-12(16-5-7)18-6-17-10/h1-6H,(H,19,20)(H,16,17,18). The molecule has 1 amide bonds. The number of hydrogen-bond donors (Lipinski definition) is 2. The van der Waals surface area contributed by atoms with E-state index in [-0.39, 0.29) is 5.91 Å². The first-order valence-electron chi connectivity index (χ1n) is 5.69.